The number of piperidine rings is 1. The third kappa shape index (κ3) is 7.31. The summed E-state index contributed by atoms with van der Waals surface area (Å²) in [5.41, 5.74) is -5.93. The van der Waals surface area contributed by atoms with Gasteiger partial charge in [0.15, 0.2) is 11.6 Å². The van der Waals surface area contributed by atoms with E-state index in [0.717, 1.165) is 17.4 Å². The van der Waals surface area contributed by atoms with Gasteiger partial charge in [-0.3, -0.25) is 19.3 Å². The van der Waals surface area contributed by atoms with E-state index in [4.69, 9.17) is 28.4 Å². The molecular weight excluding hydrogens is 671 g/mol. The molecule has 3 aliphatic rings. The summed E-state index contributed by atoms with van der Waals surface area (Å²) in [5, 5.41) is 9.39. The molecule has 1 N–H and O–H groups in total. The van der Waals surface area contributed by atoms with Crippen molar-refractivity contribution in [3.8, 4) is 5.75 Å². The number of likely N-dealkylation sites (tertiary alicyclic amines) is 1. The van der Waals surface area contributed by atoms with Gasteiger partial charge in [-0.05, 0) is 37.8 Å². The molecule has 0 radical (unpaired) electrons. The van der Waals surface area contributed by atoms with Crippen molar-refractivity contribution in [1.29, 1.82) is 0 Å². The molecule has 51 heavy (non-hydrogen) atoms. The smallest absolute Gasteiger partial charge is 0.414 e. The van der Waals surface area contributed by atoms with E-state index in [0.29, 0.717) is 44.9 Å². The number of rotatable bonds is 20. The van der Waals surface area contributed by atoms with Crippen molar-refractivity contribution in [2.45, 2.75) is 85.2 Å². The van der Waals surface area contributed by atoms with Gasteiger partial charge < -0.3 is 38.4 Å². The topological polar surface area (TPSA) is 167 Å². The van der Waals surface area contributed by atoms with Crippen LogP contribution in [-0.2, 0) is 38.1 Å². The molecule has 0 aromatic heterocycles. The van der Waals surface area contributed by atoms with Crippen LogP contribution in [0.25, 0.3) is 0 Å². The Hall–Kier alpha value is -4.14. The maximum atomic E-state index is 15.7. The van der Waals surface area contributed by atoms with E-state index in [1.165, 1.54) is 17.0 Å². The van der Waals surface area contributed by atoms with Crippen LogP contribution in [0.5, 0.6) is 5.75 Å². The first-order valence-electron chi connectivity index (χ1n) is 18.0. The summed E-state index contributed by atoms with van der Waals surface area (Å²) in [4.78, 5) is 71.0. The molecule has 1 aromatic carbocycles. The summed E-state index contributed by atoms with van der Waals surface area (Å²) in [6, 6.07) is 3.68. The van der Waals surface area contributed by atoms with Crippen LogP contribution in [0.3, 0.4) is 0 Å². The van der Waals surface area contributed by atoms with Gasteiger partial charge in [0, 0.05) is 19.2 Å². The average molecular weight is 723 g/mol. The molecule has 4 rings (SSSR count). The Morgan fingerprint density at radius 3 is 1.80 bits per heavy atom. The van der Waals surface area contributed by atoms with E-state index < -0.39 is 84.6 Å². The lowest BCUT2D eigenvalue weighted by Gasteiger charge is -2.30. The van der Waals surface area contributed by atoms with Crippen molar-refractivity contribution in [3.63, 3.8) is 0 Å². The number of fused-ring (bicyclic) bond motifs is 1. The minimum Gasteiger partial charge on any atom is -0.489 e. The zero-order valence-corrected chi connectivity index (χ0v) is 30.0. The summed E-state index contributed by atoms with van der Waals surface area (Å²) < 4.78 is 49.3. The highest BCUT2D eigenvalue weighted by atomic mass is 19.1. The molecule has 0 spiro atoms. The van der Waals surface area contributed by atoms with Crippen LogP contribution < -0.4 is 9.64 Å². The number of anilines is 1. The first kappa shape index (κ1) is 39.6. The Bertz CT molecular complexity index is 1390. The fraction of sp³-hybridized carbons (Fsp3) is 0.694. The highest BCUT2D eigenvalue weighted by Crippen LogP contribution is 2.82. The summed E-state index contributed by atoms with van der Waals surface area (Å²) in [6.45, 7) is 5.78. The van der Waals surface area contributed by atoms with Gasteiger partial charge in [-0.1, -0.05) is 53.4 Å². The van der Waals surface area contributed by atoms with Gasteiger partial charge >= 0.3 is 30.1 Å². The van der Waals surface area contributed by atoms with E-state index in [1.54, 1.807) is 0 Å². The van der Waals surface area contributed by atoms with E-state index in [9.17, 15) is 29.1 Å². The molecule has 2 saturated heterocycles. The Morgan fingerprint density at radius 2 is 1.33 bits per heavy atom. The molecule has 14 nitrogen and oxygen atoms in total. The number of aliphatic hydroxyl groups is 1. The van der Waals surface area contributed by atoms with Crippen molar-refractivity contribution < 1.29 is 61.9 Å². The largest absolute Gasteiger partial charge is 0.489 e. The van der Waals surface area contributed by atoms with Gasteiger partial charge in [-0.2, -0.15) is 0 Å². The highest BCUT2D eigenvalue weighted by molar-refractivity contribution is 6.09. The second-order valence-corrected chi connectivity index (χ2v) is 13.2. The van der Waals surface area contributed by atoms with E-state index >= 15 is 4.39 Å². The zero-order valence-electron chi connectivity index (χ0n) is 30.0. The molecule has 4 atom stereocenters. The molecule has 2 heterocycles. The van der Waals surface area contributed by atoms with Crippen LogP contribution in [0.4, 0.5) is 19.7 Å². The number of benzene rings is 1. The number of nitrogens with zero attached hydrogens (tertiary/aromatic N) is 2. The van der Waals surface area contributed by atoms with Gasteiger partial charge in [0.1, 0.15) is 29.0 Å². The molecule has 284 valence electrons. The monoisotopic (exact) mass is 722 g/mol. The Morgan fingerprint density at radius 1 is 0.824 bits per heavy atom. The molecule has 0 bridgehead atoms. The van der Waals surface area contributed by atoms with Crippen molar-refractivity contribution in [2.75, 3.05) is 64.2 Å². The first-order chi connectivity index (χ1) is 24.5. The van der Waals surface area contributed by atoms with Gasteiger partial charge in [-0.25, -0.2) is 14.0 Å². The number of hydrogen-bond donors (Lipinski definition) is 1. The fourth-order valence-electron chi connectivity index (χ4n) is 7.03. The van der Waals surface area contributed by atoms with Crippen LogP contribution >= 0.6 is 0 Å². The van der Waals surface area contributed by atoms with E-state index in [2.05, 4.69) is 0 Å². The standard InChI is InChI=1S/C36H51FN2O12/c1-5-9-15-46-29(41)34-22-38(32(44)49-18-12-8-4)23-35(34,30(42)47-16-10-6-2)36(34,31(43)48-17-11-7-3)24-50-28-14-13-25(19-27(28)37)39-20-26(21-40)51-33(39)45/h13-14,19,26,40H,5-12,15-18,20-24H2,1-4H3/t26-,34+,35?,36?/m1/s1. The quantitative estimate of drug-likeness (QED) is 0.111. The maximum absolute atomic E-state index is 15.7. The second-order valence-electron chi connectivity index (χ2n) is 13.2. The number of esters is 3. The lowest BCUT2D eigenvalue weighted by molar-refractivity contribution is -0.164. The van der Waals surface area contributed by atoms with Gasteiger partial charge in [0.05, 0.1) is 45.3 Å². The van der Waals surface area contributed by atoms with Crippen molar-refractivity contribution >= 4 is 35.8 Å². The SMILES string of the molecule is CCCCOC(=O)N1CC2(C(=O)OCCCC)C(COc3ccc(N4C[C@H](CO)OC4=O)cc3F)(C(=O)OCCCC)[C@]2(C(=O)OCCCC)C1. The van der Waals surface area contributed by atoms with Crippen molar-refractivity contribution in [1.82, 2.24) is 4.90 Å². The Kier molecular flexibility index (Phi) is 13.5. The molecule has 15 heteroatoms. The molecular formula is C36H51FN2O12. The predicted molar refractivity (Wildman–Crippen MR) is 179 cm³/mol. The number of aliphatic hydroxyl groups excluding tert-OH is 1. The number of unbranched alkanes of at least 4 members (excludes halogenated alkanes) is 4. The minimum absolute atomic E-state index is 0.00436. The summed E-state index contributed by atoms with van der Waals surface area (Å²) in [6.07, 6.45) is 2.64. The van der Waals surface area contributed by atoms with E-state index in [-0.39, 0.29) is 44.4 Å². The first-order valence-corrected chi connectivity index (χ1v) is 18.0. The van der Waals surface area contributed by atoms with Crippen LogP contribution in [0.2, 0.25) is 0 Å². The number of ether oxygens (including phenoxy) is 6. The van der Waals surface area contributed by atoms with Crippen LogP contribution in [0.1, 0.15) is 79.1 Å². The summed E-state index contributed by atoms with van der Waals surface area (Å²) in [5.74, 6) is -3.97. The lowest BCUT2D eigenvalue weighted by atomic mass is 9.90. The molecule has 2 amide bonds. The molecule has 3 fully saturated rings. The summed E-state index contributed by atoms with van der Waals surface area (Å²) in [7, 11) is 0. The number of halogens is 1. The van der Waals surface area contributed by atoms with Crippen LogP contribution in [0, 0.1) is 22.1 Å². The number of carbonyl (C=O) groups is 5. The second kappa shape index (κ2) is 17.4. The van der Waals surface area contributed by atoms with Gasteiger partial charge in [-0.15, -0.1) is 0 Å². The highest BCUT2D eigenvalue weighted by Gasteiger charge is 3.02. The normalized spacial score (nSPS) is 24.8. The predicted octanol–water partition coefficient (Wildman–Crippen LogP) is 4.78. The number of hydrogen-bond acceptors (Lipinski definition) is 12. The van der Waals surface area contributed by atoms with E-state index in [1.807, 2.05) is 27.7 Å². The molecule has 1 aliphatic carbocycles. The lowest BCUT2D eigenvalue weighted by Crippen LogP contribution is -2.47. The third-order valence-corrected chi connectivity index (χ3v) is 9.95. The van der Waals surface area contributed by atoms with Crippen LogP contribution in [0.15, 0.2) is 18.2 Å². The number of cyclic esters (lactones) is 1. The van der Waals surface area contributed by atoms with Gasteiger partial charge in [0.25, 0.3) is 0 Å². The molecule has 1 aromatic rings. The minimum atomic E-state index is -2.07. The fourth-order valence-corrected chi connectivity index (χ4v) is 7.03. The van der Waals surface area contributed by atoms with Gasteiger partial charge in [0.2, 0.25) is 0 Å². The maximum Gasteiger partial charge on any atom is 0.414 e. The molecule has 1 saturated carbocycles. The third-order valence-electron chi connectivity index (χ3n) is 9.95. The van der Waals surface area contributed by atoms with Crippen LogP contribution in [-0.4, -0.2) is 105 Å². The molecule has 2 unspecified atom stereocenters. The van der Waals surface area contributed by atoms with Crippen molar-refractivity contribution in [2.24, 2.45) is 16.2 Å². The zero-order chi connectivity index (χ0) is 37.2. The number of amides is 2. The Balaban J connectivity index is 1.77. The van der Waals surface area contributed by atoms with Crippen molar-refractivity contribution in [3.05, 3.63) is 24.0 Å². The number of carbonyl (C=O) groups excluding carboxylic acids is 5. The average Bonchev–Trinajstić information content (AvgIpc) is 3.36. The summed E-state index contributed by atoms with van der Waals surface area (Å²) >= 11 is 0. The Labute approximate surface area is 297 Å². The molecule has 2 aliphatic heterocycles.